The second-order valence-electron chi connectivity index (χ2n) is 10.6. The monoisotopic (exact) mass is 670 g/mol. The van der Waals surface area contributed by atoms with E-state index < -0.39 is 46.0 Å². The van der Waals surface area contributed by atoms with Crippen molar-refractivity contribution in [1.82, 2.24) is 14.6 Å². The first-order valence-corrected chi connectivity index (χ1v) is 15.6. The first-order valence-electron chi connectivity index (χ1n) is 14.1. The summed E-state index contributed by atoms with van der Waals surface area (Å²) < 4.78 is 97.9. The van der Waals surface area contributed by atoms with Crippen LogP contribution in [0.25, 0.3) is 0 Å². The summed E-state index contributed by atoms with van der Waals surface area (Å²) in [6.07, 6.45) is -2.49. The number of nitrogens with one attached hydrogen (secondary N) is 2. The molecule has 46 heavy (non-hydrogen) atoms. The Hall–Kier alpha value is -4.31. The van der Waals surface area contributed by atoms with Gasteiger partial charge in [-0.1, -0.05) is 31.2 Å². The zero-order valence-electron chi connectivity index (χ0n) is 24.4. The molecule has 2 aromatic carbocycles. The third-order valence-corrected chi connectivity index (χ3v) is 9.47. The molecule has 3 aromatic rings. The number of pyridine rings is 1. The van der Waals surface area contributed by atoms with Crippen molar-refractivity contribution in [3.8, 4) is 5.75 Å². The number of anilines is 1. The zero-order chi connectivity index (χ0) is 33.7. The van der Waals surface area contributed by atoms with Gasteiger partial charge in [-0.2, -0.15) is 4.31 Å². The summed E-state index contributed by atoms with van der Waals surface area (Å²) >= 11 is 0. The number of sulfonamides is 1. The SMILES string of the molecule is CCC(F)(F)c1ccc(CNC(=O)[C@H]2C[C@H](CNc3ccncc3C(=O)O)CCN2S(=O)(=O)c2ccc(OC(F)(F)F)cc2)cc1. The summed E-state index contributed by atoms with van der Waals surface area (Å²) in [5.41, 5.74) is 0.526. The lowest BCUT2D eigenvalue weighted by Crippen LogP contribution is -2.54. The maximum atomic E-state index is 14.0. The summed E-state index contributed by atoms with van der Waals surface area (Å²) in [5, 5.41) is 15.1. The Kier molecular flexibility index (Phi) is 10.5. The van der Waals surface area contributed by atoms with E-state index in [0.29, 0.717) is 5.56 Å². The molecular weight excluding hydrogens is 639 g/mol. The number of ether oxygens (including phenoxy) is 1. The van der Waals surface area contributed by atoms with Crippen molar-refractivity contribution < 1.29 is 49.8 Å². The van der Waals surface area contributed by atoms with Crippen LogP contribution in [-0.2, 0) is 27.3 Å². The molecule has 1 aliphatic rings. The van der Waals surface area contributed by atoms with Crippen LogP contribution in [0.2, 0.25) is 0 Å². The average Bonchev–Trinajstić information content (AvgIpc) is 3.02. The van der Waals surface area contributed by atoms with Gasteiger partial charge in [0.25, 0.3) is 5.92 Å². The maximum Gasteiger partial charge on any atom is 0.573 e. The summed E-state index contributed by atoms with van der Waals surface area (Å²) in [7, 11) is -4.39. The van der Waals surface area contributed by atoms with E-state index in [-0.39, 0.29) is 66.5 Å². The number of carbonyl (C=O) groups is 2. The molecule has 10 nitrogen and oxygen atoms in total. The van der Waals surface area contributed by atoms with Crippen LogP contribution in [0.4, 0.5) is 27.6 Å². The number of hydrogen-bond acceptors (Lipinski definition) is 7. The highest BCUT2D eigenvalue weighted by Gasteiger charge is 2.41. The number of piperidine rings is 1. The van der Waals surface area contributed by atoms with Crippen LogP contribution < -0.4 is 15.4 Å². The third kappa shape index (κ3) is 8.48. The lowest BCUT2D eigenvalue weighted by Gasteiger charge is -2.37. The number of amides is 1. The van der Waals surface area contributed by atoms with Gasteiger partial charge in [-0.3, -0.25) is 9.78 Å². The third-order valence-electron chi connectivity index (χ3n) is 7.55. The van der Waals surface area contributed by atoms with Crippen LogP contribution in [0.1, 0.15) is 47.7 Å². The first kappa shape index (κ1) is 34.6. The van der Waals surface area contributed by atoms with Crippen molar-refractivity contribution in [2.75, 3.05) is 18.4 Å². The van der Waals surface area contributed by atoms with E-state index >= 15 is 0 Å². The predicted octanol–water partition coefficient (Wildman–Crippen LogP) is 5.38. The van der Waals surface area contributed by atoms with Gasteiger partial charge in [0.05, 0.1) is 10.6 Å². The van der Waals surface area contributed by atoms with Crippen molar-refractivity contribution in [1.29, 1.82) is 0 Å². The van der Waals surface area contributed by atoms with Gasteiger partial charge in [-0.15, -0.1) is 13.2 Å². The number of alkyl halides is 5. The molecule has 0 spiro atoms. The molecule has 16 heteroatoms. The van der Waals surface area contributed by atoms with Crippen molar-refractivity contribution in [3.63, 3.8) is 0 Å². The fourth-order valence-electron chi connectivity index (χ4n) is 5.03. The second-order valence-corrected chi connectivity index (χ2v) is 12.5. The molecule has 0 saturated carbocycles. The number of aromatic carboxylic acids is 1. The fraction of sp³-hybridized carbons (Fsp3) is 0.367. The Morgan fingerprint density at radius 3 is 2.33 bits per heavy atom. The molecule has 3 N–H and O–H groups in total. The quantitative estimate of drug-likeness (QED) is 0.219. The van der Waals surface area contributed by atoms with E-state index in [1.165, 1.54) is 49.6 Å². The molecule has 4 rings (SSSR count). The van der Waals surface area contributed by atoms with E-state index in [1.807, 2.05) is 0 Å². The minimum Gasteiger partial charge on any atom is -0.478 e. The van der Waals surface area contributed by atoms with Crippen LogP contribution in [0.5, 0.6) is 5.75 Å². The van der Waals surface area contributed by atoms with Crippen LogP contribution in [0, 0.1) is 5.92 Å². The van der Waals surface area contributed by atoms with Crippen molar-refractivity contribution >= 4 is 27.6 Å². The number of carboxylic acid groups (broad SMARTS) is 1. The number of carboxylic acids is 1. The topological polar surface area (TPSA) is 138 Å². The summed E-state index contributed by atoms with van der Waals surface area (Å²) in [4.78, 5) is 28.5. The minimum absolute atomic E-state index is 0.0163. The molecule has 1 fully saturated rings. The molecule has 1 aliphatic heterocycles. The molecular formula is C30H31F5N4O6S. The van der Waals surface area contributed by atoms with Gasteiger partial charge in [0, 0.05) is 44.0 Å². The van der Waals surface area contributed by atoms with Gasteiger partial charge in [0.1, 0.15) is 17.4 Å². The molecule has 0 radical (unpaired) electrons. The largest absolute Gasteiger partial charge is 0.573 e. The Labute approximate surface area is 261 Å². The Morgan fingerprint density at radius 1 is 1.04 bits per heavy atom. The van der Waals surface area contributed by atoms with E-state index in [1.54, 1.807) is 0 Å². The van der Waals surface area contributed by atoms with Gasteiger partial charge in [-0.25, -0.2) is 22.0 Å². The summed E-state index contributed by atoms with van der Waals surface area (Å²) in [6.45, 7) is 1.33. The molecule has 1 amide bonds. The van der Waals surface area contributed by atoms with E-state index in [9.17, 15) is 45.1 Å². The molecule has 248 valence electrons. The maximum absolute atomic E-state index is 14.0. The minimum atomic E-state index is -4.97. The van der Waals surface area contributed by atoms with Crippen LogP contribution in [0.3, 0.4) is 0 Å². The Morgan fingerprint density at radius 2 is 1.72 bits per heavy atom. The fourth-order valence-corrected chi connectivity index (χ4v) is 6.64. The number of aromatic nitrogens is 1. The van der Waals surface area contributed by atoms with Gasteiger partial charge >= 0.3 is 12.3 Å². The molecule has 0 aliphatic carbocycles. The van der Waals surface area contributed by atoms with Gasteiger partial charge in [0.15, 0.2) is 0 Å². The highest BCUT2D eigenvalue weighted by Crippen LogP contribution is 2.33. The van der Waals surface area contributed by atoms with Crippen LogP contribution in [-0.4, -0.2) is 60.2 Å². The van der Waals surface area contributed by atoms with Gasteiger partial charge < -0.3 is 20.5 Å². The molecule has 1 saturated heterocycles. The number of halogens is 5. The molecule has 0 bridgehead atoms. The summed E-state index contributed by atoms with van der Waals surface area (Å²) in [5.74, 6) is -5.81. The van der Waals surface area contributed by atoms with Gasteiger partial charge in [0.2, 0.25) is 15.9 Å². The molecule has 2 atom stereocenters. The number of rotatable bonds is 12. The lowest BCUT2D eigenvalue weighted by atomic mass is 9.91. The highest BCUT2D eigenvalue weighted by molar-refractivity contribution is 7.89. The molecule has 0 unspecified atom stereocenters. The zero-order valence-corrected chi connectivity index (χ0v) is 25.2. The number of nitrogens with zero attached hydrogens (tertiary/aromatic N) is 2. The van der Waals surface area contributed by atoms with E-state index in [0.717, 1.165) is 28.6 Å². The summed E-state index contributed by atoms with van der Waals surface area (Å²) in [6, 6.07) is 9.19. The number of benzene rings is 2. The molecule has 2 heterocycles. The second kappa shape index (κ2) is 14.0. The van der Waals surface area contributed by atoms with Crippen molar-refractivity contribution in [2.24, 2.45) is 5.92 Å². The smallest absolute Gasteiger partial charge is 0.478 e. The van der Waals surface area contributed by atoms with E-state index in [4.69, 9.17) is 0 Å². The first-order chi connectivity index (χ1) is 21.6. The van der Waals surface area contributed by atoms with Gasteiger partial charge in [-0.05, 0) is 54.7 Å². The Balaban J connectivity index is 1.54. The standard InChI is InChI=1S/C30H31F5N4O6S/c1-2-29(31,32)21-5-3-19(4-6-21)16-38-27(40)26-15-20(17-37-25-11-13-36-18-24(25)28(41)42)12-14-39(26)46(43,44)23-9-7-22(8-10-23)45-30(33,34)35/h3-11,13,18,20,26H,2,12,14-17H2,1H3,(H,36,37)(H,38,40)(H,41,42)/t20-,26-/m1/s1. The highest BCUT2D eigenvalue weighted by atomic mass is 32.2. The normalized spacial score (nSPS) is 17.7. The lowest BCUT2D eigenvalue weighted by molar-refractivity contribution is -0.274. The average molecular weight is 671 g/mol. The Bertz CT molecular complexity index is 1640. The predicted molar refractivity (Wildman–Crippen MR) is 156 cm³/mol. The van der Waals surface area contributed by atoms with Crippen LogP contribution in [0.15, 0.2) is 71.9 Å². The van der Waals surface area contributed by atoms with Crippen molar-refractivity contribution in [3.05, 3.63) is 83.7 Å². The van der Waals surface area contributed by atoms with Crippen molar-refractivity contribution in [2.45, 2.75) is 56.0 Å². The molecule has 1 aromatic heterocycles. The van der Waals surface area contributed by atoms with Crippen LogP contribution >= 0.6 is 0 Å². The number of carbonyl (C=O) groups excluding carboxylic acids is 1. The van der Waals surface area contributed by atoms with E-state index in [2.05, 4.69) is 20.4 Å². The number of hydrogen-bond donors (Lipinski definition) is 3.